The van der Waals surface area contributed by atoms with Crippen LogP contribution in [0, 0.1) is 5.92 Å². The van der Waals surface area contributed by atoms with Crippen LogP contribution in [0.2, 0.25) is 0 Å². The molecular weight excluding hydrogens is 284 g/mol. The number of rotatable bonds is 6. The number of hydrogen-bond acceptors (Lipinski definition) is 5. The van der Waals surface area contributed by atoms with Crippen molar-refractivity contribution in [1.82, 2.24) is 0 Å². The van der Waals surface area contributed by atoms with Crippen LogP contribution in [-0.4, -0.2) is 30.4 Å². The van der Waals surface area contributed by atoms with Crippen molar-refractivity contribution in [3.63, 3.8) is 0 Å². The van der Waals surface area contributed by atoms with Crippen molar-refractivity contribution in [3.8, 4) is 0 Å². The second-order valence-corrected chi connectivity index (χ2v) is 5.68. The van der Waals surface area contributed by atoms with E-state index in [1.807, 2.05) is 13.8 Å². The summed E-state index contributed by atoms with van der Waals surface area (Å²) in [4.78, 5) is 34.5. The van der Waals surface area contributed by atoms with E-state index in [1.165, 1.54) is 6.92 Å². The molecule has 0 spiro atoms. The van der Waals surface area contributed by atoms with Crippen LogP contribution in [0.25, 0.3) is 0 Å². The van der Waals surface area contributed by atoms with Gasteiger partial charge in [-0.3, -0.25) is 9.59 Å². The first-order chi connectivity index (χ1) is 10.2. The number of ketones is 1. The summed E-state index contributed by atoms with van der Waals surface area (Å²) in [7, 11) is 0. The maximum atomic E-state index is 11.8. The Bertz CT molecular complexity index is 549. The fraction of sp³-hybridized carbons (Fsp3) is 0.471. The first-order valence-electron chi connectivity index (χ1n) is 7.09. The molecule has 0 unspecified atom stereocenters. The minimum atomic E-state index is -0.657. The number of cyclic esters (lactones) is 1. The van der Waals surface area contributed by atoms with Gasteiger partial charge in [-0.1, -0.05) is 17.7 Å². The third kappa shape index (κ3) is 5.31. The molecule has 0 aromatic heterocycles. The van der Waals surface area contributed by atoms with Crippen molar-refractivity contribution in [2.24, 2.45) is 5.92 Å². The average Bonchev–Trinajstić information content (AvgIpc) is 2.67. The van der Waals surface area contributed by atoms with Gasteiger partial charge >= 0.3 is 11.9 Å². The van der Waals surface area contributed by atoms with Crippen molar-refractivity contribution in [2.45, 2.75) is 40.2 Å². The predicted octanol–water partition coefficient (Wildman–Crippen LogP) is 2.52. The molecule has 1 fully saturated rings. The van der Waals surface area contributed by atoms with Gasteiger partial charge in [-0.25, -0.2) is 4.79 Å². The Hall–Kier alpha value is -2.17. The monoisotopic (exact) mass is 306 g/mol. The molecule has 1 rings (SSSR count). The smallest absolute Gasteiger partial charge is 0.333 e. The van der Waals surface area contributed by atoms with Gasteiger partial charge in [0, 0.05) is 18.9 Å². The van der Waals surface area contributed by atoms with Crippen molar-refractivity contribution in [2.75, 3.05) is 6.61 Å². The van der Waals surface area contributed by atoms with Crippen LogP contribution >= 0.6 is 0 Å². The van der Waals surface area contributed by atoms with E-state index in [1.54, 1.807) is 19.1 Å². The Labute approximate surface area is 130 Å². The van der Waals surface area contributed by atoms with Crippen LogP contribution in [0.3, 0.4) is 0 Å². The first-order valence-corrected chi connectivity index (χ1v) is 7.09. The number of carbonyl (C=O) groups excluding carboxylic acids is 3. The van der Waals surface area contributed by atoms with E-state index in [9.17, 15) is 14.4 Å². The normalized spacial score (nSPS) is 19.5. The number of hydrogen-bond donors (Lipinski definition) is 0. The topological polar surface area (TPSA) is 69.7 Å². The molecule has 0 aromatic carbocycles. The van der Waals surface area contributed by atoms with Gasteiger partial charge in [-0.2, -0.15) is 0 Å². The zero-order valence-electron chi connectivity index (χ0n) is 13.5. The maximum Gasteiger partial charge on any atom is 0.333 e. The van der Waals surface area contributed by atoms with E-state index in [0.717, 1.165) is 11.1 Å². The number of ether oxygens (including phenoxy) is 2. The summed E-state index contributed by atoms with van der Waals surface area (Å²) in [6.07, 6.45) is 2.84. The summed E-state index contributed by atoms with van der Waals surface area (Å²) in [5, 5.41) is 0. The lowest BCUT2D eigenvalue weighted by molar-refractivity contribution is -0.145. The molecular formula is C17H22O5. The summed E-state index contributed by atoms with van der Waals surface area (Å²) >= 11 is 0. The van der Waals surface area contributed by atoms with Crippen LogP contribution in [-0.2, 0) is 23.9 Å². The zero-order valence-corrected chi connectivity index (χ0v) is 13.5. The average molecular weight is 306 g/mol. The lowest BCUT2D eigenvalue weighted by atomic mass is 9.94. The summed E-state index contributed by atoms with van der Waals surface area (Å²) in [6.45, 7) is 10.6. The Balaban J connectivity index is 2.88. The molecule has 120 valence electrons. The quantitative estimate of drug-likeness (QED) is 0.428. The molecule has 1 aliphatic heterocycles. The largest absolute Gasteiger partial charge is 0.462 e. The summed E-state index contributed by atoms with van der Waals surface area (Å²) < 4.78 is 10.2. The summed E-state index contributed by atoms with van der Waals surface area (Å²) in [5.41, 5.74) is 1.98. The number of esters is 2. The van der Waals surface area contributed by atoms with E-state index < -0.39 is 24.0 Å². The molecule has 2 atom stereocenters. The van der Waals surface area contributed by atoms with E-state index >= 15 is 0 Å². The Morgan fingerprint density at radius 2 is 2.00 bits per heavy atom. The van der Waals surface area contributed by atoms with E-state index in [0.29, 0.717) is 0 Å². The second-order valence-electron chi connectivity index (χ2n) is 5.68. The third-order valence-electron chi connectivity index (χ3n) is 3.15. The zero-order chi connectivity index (χ0) is 16.9. The van der Waals surface area contributed by atoms with Gasteiger partial charge in [-0.15, -0.1) is 0 Å². The number of carbonyl (C=O) groups is 3. The highest BCUT2D eigenvalue weighted by Crippen LogP contribution is 2.27. The molecule has 0 N–H and O–H groups in total. The molecule has 1 aliphatic rings. The van der Waals surface area contributed by atoms with Gasteiger partial charge in [0.15, 0.2) is 5.78 Å². The summed E-state index contributed by atoms with van der Waals surface area (Å²) in [6, 6.07) is 0. The molecule has 0 bridgehead atoms. The van der Waals surface area contributed by atoms with Gasteiger partial charge in [0.2, 0.25) is 0 Å². The fourth-order valence-corrected chi connectivity index (χ4v) is 2.21. The molecule has 0 saturated carbocycles. The van der Waals surface area contributed by atoms with E-state index in [2.05, 4.69) is 6.58 Å². The highest BCUT2D eigenvalue weighted by Gasteiger charge is 2.36. The van der Waals surface area contributed by atoms with Gasteiger partial charge in [-0.05, 0) is 32.9 Å². The minimum Gasteiger partial charge on any atom is -0.462 e. The van der Waals surface area contributed by atoms with Crippen molar-refractivity contribution in [1.29, 1.82) is 0 Å². The van der Waals surface area contributed by atoms with Crippen molar-refractivity contribution >= 4 is 17.7 Å². The third-order valence-corrected chi connectivity index (χ3v) is 3.15. The van der Waals surface area contributed by atoms with E-state index in [4.69, 9.17) is 9.47 Å². The molecule has 5 heteroatoms. The fourth-order valence-electron chi connectivity index (χ4n) is 2.21. The molecule has 0 aromatic rings. The SMILES string of the molecule is C=C1C(=O)OC[C@H]1[C@H](C=C(C)CC(=O)C=C(C)C)OC(C)=O. The van der Waals surface area contributed by atoms with Crippen molar-refractivity contribution < 1.29 is 23.9 Å². The molecule has 0 radical (unpaired) electrons. The standard InChI is InChI=1S/C17H22O5/c1-10(2)6-14(19)7-11(3)8-16(22-13(5)18)15-9-21-17(20)12(15)4/h6,8,15-16H,4,7,9H2,1-3,5H3/t15-,16+/m1/s1. The van der Waals surface area contributed by atoms with Crippen LogP contribution in [0.4, 0.5) is 0 Å². The lowest BCUT2D eigenvalue weighted by Crippen LogP contribution is -2.26. The minimum absolute atomic E-state index is 0.0205. The predicted molar refractivity (Wildman–Crippen MR) is 82.0 cm³/mol. The Morgan fingerprint density at radius 3 is 2.45 bits per heavy atom. The van der Waals surface area contributed by atoms with Gasteiger partial charge in [0.05, 0.1) is 5.92 Å². The van der Waals surface area contributed by atoms with Gasteiger partial charge in [0.1, 0.15) is 12.7 Å². The second kappa shape index (κ2) is 7.73. The molecule has 1 saturated heterocycles. The van der Waals surface area contributed by atoms with E-state index in [-0.39, 0.29) is 24.4 Å². The highest BCUT2D eigenvalue weighted by atomic mass is 16.6. The molecule has 22 heavy (non-hydrogen) atoms. The van der Waals surface area contributed by atoms with Crippen LogP contribution in [0.15, 0.2) is 35.5 Å². The van der Waals surface area contributed by atoms with Gasteiger partial charge < -0.3 is 9.47 Å². The van der Waals surface area contributed by atoms with Gasteiger partial charge in [0.25, 0.3) is 0 Å². The molecule has 1 heterocycles. The van der Waals surface area contributed by atoms with Crippen LogP contribution < -0.4 is 0 Å². The lowest BCUT2D eigenvalue weighted by Gasteiger charge is -2.19. The Morgan fingerprint density at radius 1 is 1.36 bits per heavy atom. The van der Waals surface area contributed by atoms with Crippen LogP contribution in [0.1, 0.15) is 34.1 Å². The molecule has 0 amide bonds. The molecule has 5 nitrogen and oxygen atoms in total. The summed E-state index contributed by atoms with van der Waals surface area (Å²) in [5.74, 6) is -1.37. The van der Waals surface area contributed by atoms with Crippen LogP contribution in [0.5, 0.6) is 0 Å². The number of allylic oxidation sites excluding steroid dienone is 3. The highest BCUT2D eigenvalue weighted by molar-refractivity contribution is 5.92. The van der Waals surface area contributed by atoms with Crippen molar-refractivity contribution in [3.05, 3.63) is 35.5 Å². The first kappa shape index (κ1) is 17.9. The maximum absolute atomic E-state index is 11.8. The molecule has 0 aliphatic carbocycles. The Kier molecular flexibility index (Phi) is 6.28.